The van der Waals surface area contributed by atoms with E-state index in [9.17, 15) is 29.1 Å². The van der Waals surface area contributed by atoms with E-state index in [1.165, 1.54) is 0 Å². The second-order valence-electron chi connectivity index (χ2n) is 13.3. The summed E-state index contributed by atoms with van der Waals surface area (Å²) in [4.78, 5) is 65.9. The molecule has 0 aromatic heterocycles. The van der Waals surface area contributed by atoms with Gasteiger partial charge in [0.25, 0.3) is 0 Å². The van der Waals surface area contributed by atoms with E-state index in [0.717, 1.165) is 19.5 Å². The molecule has 6 atom stereocenters. The minimum absolute atomic E-state index is 0.0145. The van der Waals surface area contributed by atoms with Gasteiger partial charge in [0.15, 0.2) is 5.78 Å². The Morgan fingerprint density at radius 2 is 1.57 bits per heavy atom. The lowest BCUT2D eigenvalue weighted by atomic mass is 9.96. The lowest BCUT2D eigenvalue weighted by molar-refractivity contribution is -0.135. The fourth-order valence-corrected chi connectivity index (χ4v) is 5.54. The van der Waals surface area contributed by atoms with Crippen LogP contribution in [0.25, 0.3) is 0 Å². The van der Waals surface area contributed by atoms with Crippen LogP contribution in [0.3, 0.4) is 0 Å². The highest BCUT2D eigenvalue weighted by Crippen LogP contribution is 2.12. The summed E-state index contributed by atoms with van der Waals surface area (Å²) in [5.74, 6) is -2.32. The Balaban J connectivity index is 2.86. The largest absolute Gasteiger partial charge is 0.394 e. The predicted molar refractivity (Wildman–Crippen MR) is 196 cm³/mol. The number of carbonyl (C=O) groups excluding carboxylic acids is 5. The Bertz CT molecular complexity index is 1010. The minimum Gasteiger partial charge on any atom is -0.394 e. The van der Waals surface area contributed by atoms with Gasteiger partial charge >= 0.3 is 0 Å². The number of nitrogens with one attached hydrogen (secondary N) is 6. The molecule has 0 radical (unpaired) electrons. The predicted octanol–water partition coefficient (Wildman–Crippen LogP) is -1.03. The summed E-state index contributed by atoms with van der Waals surface area (Å²) in [6.45, 7) is 9.33. The molecule has 0 bridgehead atoms. The Labute approximate surface area is 304 Å². The molecular weight excluding hydrogens is 660 g/mol. The summed E-state index contributed by atoms with van der Waals surface area (Å²) >= 11 is 0. The van der Waals surface area contributed by atoms with E-state index in [-0.39, 0.29) is 43.2 Å². The average molecular weight is 729 g/mol. The summed E-state index contributed by atoms with van der Waals surface area (Å²) < 4.78 is 10.9. The molecule has 1 heterocycles. The molecule has 16 nitrogen and oxygen atoms in total. The van der Waals surface area contributed by atoms with E-state index in [2.05, 4.69) is 38.8 Å². The van der Waals surface area contributed by atoms with Crippen LogP contribution in [0.5, 0.6) is 0 Å². The van der Waals surface area contributed by atoms with Gasteiger partial charge in [-0.25, -0.2) is 0 Å². The summed E-state index contributed by atoms with van der Waals surface area (Å²) in [5.41, 5.74) is 11.7. The fraction of sp³-hybridized carbons (Fsp3) is 0.857. The monoisotopic (exact) mass is 729 g/mol. The first-order chi connectivity index (χ1) is 24.6. The number of ether oxygens (including phenoxy) is 2. The van der Waals surface area contributed by atoms with Crippen molar-refractivity contribution in [3.8, 4) is 0 Å². The first-order valence-electron chi connectivity index (χ1n) is 18.9. The van der Waals surface area contributed by atoms with E-state index in [0.29, 0.717) is 90.7 Å². The Morgan fingerprint density at radius 3 is 2.25 bits per heavy atom. The number of carbonyl (C=O) groups is 5. The van der Waals surface area contributed by atoms with Gasteiger partial charge in [0.05, 0.1) is 32.5 Å². The van der Waals surface area contributed by atoms with E-state index in [1.54, 1.807) is 0 Å². The highest BCUT2D eigenvalue weighted by molar-refractivity contribution is 5.95. The molecule has 0 aliphatic carbocycles. The molecule has 296 valence electrons. The van der Waals surface area contributed by atoms with E-state index in [1.807, 2.05) is 13.8 Å². The maximum absolute atomic E-state index is 13.5. The number of aliphatic hydroxyl groups is 1. The van der Waals surface area contributed by atoms with Crippen LogP contribution in [0.2, 0.25) is 0 Å². The smallest absolute Gasteiger partial charge is 0.245 e. The van der Waals surface area contributed by atoms with Gasteiger partial charge in [-0.3, -0.25) is 24.0 Å². The third-order valence-electron chi connectivity index (χ3n) is 8.94. The molecule has 11 N–H and O–H groups in total. The van der Waals surface area contributed by atoms with Gasteiger partial charge in [0.1, 0.15) is 24.7 Å². The lowest BCUT2D eigenvalue weighted by Crippen LogP contribution is -2.60. The van der Waals surface area contributed by atoms with Crippen LogP contribution in [0.15, 0.2) is 0 Å². The van der Waals surface area contributed by atoms with Crippen LogP contribution < -0.4 is 43.4 Å². The first-order valence-corrected chi connectivity index (χ1v) is 18.9. The molecule has 1 aliphatic heterocycles. The lowest BCUT2D eigenvalue weighted by Gasteiger charge is -2.30. The third-order valence-corrected chi connectivity index (χ3v) is 8.94. The molecule has 0 aromatic rings. The number of hydrogen-bond donors (Lipinski definition) is 9. The Morgan fingerprint density at radius 1 is 0.843 bits per heavy atom. The van der Waals surface area contributed by atoms with E-state index < -0.39 is 48.5 Å². The van der Waals surface area contributed by atoms with Crippen LogP contribution in [0, 0.1) is 5.92 Å². The number of nitrogens with two attached hydrogens (primary N) is 2. The molecule has 0 saturated carbocycles. The number of unbranched alkanes of at least 4 members (excludes halogenated alkanes) is 2. The van der Waals surface area contributed by atoms with E-state index >= 15 is 0 Å². The van der Waals surface area contributed by atoms with Crippen molar-refractivity contribution in [1.82, 2.24) is 31.9 Å². The van der Waals surface area contributed by atoms with Crippen molar-refractivity contribution in [3.63, 3.8) is 0 Å². The van der Waals surface area contributed by atoms with Gasteiger partial charge in [0.2, 0.25) is 23.6 Å². The summed E-state index contributed by atoms with van der Waals surface area (Å²) in [7, 11) is 0. The van der Waals surface area contributed by atoms with Crippen molar-refractivity contribution in [1.29, 1.82) is 0 Å². The first kappa shape index (κ1) is 46.3. The molecule has 1 aliphatic rings. The fourth-order valence-electron chi connectivity index (χ4n) is 5.54. The Kier molecular flexibility index (Phi) is 26.1. The molecule has 0 aromatic carbocycles. The maximum atomic E-state index is 13.5. The van der Waals surface area contributed by atoms with Crippen LogP contribution in [-0.4, -0.2) is 130 Å². The van der Waals surface area contributed by atoms with E-state index in [4.69, 9.17) is 20.9 Å². The van der Waals surface area contributed by atoms with Crippen molar-refractivity contribution in [2.75, 3.05) is 65.8 Å². The van der Waals surface area contributed by atoms with Crippen molar-refractivity contribution in [3.05, 3.63) is 0 Å². The zero-order valence-corrected chi connectivity index (χ0v) is 31.3. The molecule has 6 unspecified atom stereocenters. The number of Topliss-reactive ketones (excluding diaryl/α,β-unsaturated/α-hetero) is 1. The molecule has 51 heavy (non-hydrogen) atoms. The number of rotatable bonds is 24. The van der Waals surface area contributed by atoms with Crippen LogP contribution in [0.1, 0.15) is 91.4 Å². The maximum Gasteiger partial charge on any atom is 0.245 e. The van der Waals surface area contributed by atoms with Crippen LogP contribution >= 0.6 is 0 Å². The molecule has 1 saturated heterocycles. The van der Waals surface area contributed by atoms with Crippen molar-refractivity contribution < 1.29 is 38.6 Å². The zero-order chi connectivity index (χ0) is 37.9. The molecule has 4 amide bonds. The number of aliphatic hydroxyl groups excluding tert-OH is 1. The molecule has 1 rings (SSSR count). The quantitative estimate of drug-likeness (QED) is 0.0542. The number of amides is 4. The van der Waals surface area contributed by atoms with Gasteiger partial charge in [-0.2, -0.15) is 0 Å². The molecule has 0 spiro atoms. The minimum atomic E-state index is -1.30. The van der Waals surface area contributed by atoms with Crippen molar-refractivity contribution >= 4 is 29.4 Å². The number of ketones is 1. The SMILES string of the molecule is CCCNCCOCCOCC(=O)CCCCNC1CCCC(CN)NC(=O)C(C(C)CC)NC(=O)C(CCCCN)NC(=O)C(CO)NC1=O. The summed E-state index contributed by atoms with van der Waals surface area (Å²) in [5, 5.41) is 27.6. The van der Waals surface area contributed by atoms with Gasteiger partial charge < -0.3 is 57.9 Å². The standard InChI is InChI=1S/C35H68N8O8/c1-4-16-38-18-19-50-20-21-51-24-27(45)12-7-9-17-39-28-14-10-11-26(22-37)40-35(49)31(25(3)5-2)43-33(47)29(13-6-8-15-36)41-34(48)30(23-44)42-32(28)46/h25-26,28-31,38-39,44H,4-24,36-37H2,1-3H3,(H,40,49)(H,41,48)(H,42,46)(H,43,47). The van der Waals surface area contributed by atoms with Crippen LogP contribution in [0.4, 0.5) is 0 Å². The van der Waals surface area contributed by atoms with Crippen molar-refractivity contribution in [2.45, 2.75) is 122 Å². The second-order valence-corrected chi connectivity index (χ2v) is 13.3. The molecule has 16 heteroatoms. The van der Waals surface area contributed by atoms with Gasteiger partial charge in [-0.05, 0) is 83.3 Å². The van der Waals surface area contributed by atoms with Gasteiger partial charge in [-0.1, -0.05) is 27.2 Å². The summed E-state index contributed by atoms with van der Waals surface area (Å²) in [6.07, 6.45) is 6.02. The van der Waals surface area contributed by atoms with Crippen molar-refractivity contribution in [2.24, 2.45) is 17.4 Å². The molecule has 1 fully saturated rings. The normalized spacial score (nSPS) is 23.2. The molecular formula is C35H68N8O8. The topological polar surface area (TPSA) is 248 Å². The third kappa shape index (κ3) is 20.2. The average Bonchev–Trinajstić information content (AvgIpc) is 3.12. The zero-order valence-electron chi connectivity index (χ0n) is 31.3. The summed E-state index contributed by atoms with van der Waals surface area (Å²) in [6, 6.07) is -4.27. The Hall–Kier alpha value is -2.73. The second kappa shape index (κ2) is 28.8. The van der Waals surface area contributed by atoms with Crippen LogP contribution in [-0.2, 0) is 33.4 Å². The number of hydrogen-bond acceptors (Lipinski definition) is 12. The van der Waals surface area contributed by atoms with Gasteiger partial charge in [-0.15, -0.1) is 0 Å². The highest BCUT2D eigenvalue weighted by Gasteiger charge is 2.33. The van der Waals surface area contributed by atoms with Gasteiger partial charge in [0, 0.05) is 25.6 Å². The highest BCUT2D eigenvalue weighted by atomic mass is 16.5.